The van der Waals surface area contributed by atoms with Crippen molar-refractivity contribution in [2.45, 2.75) is 31.9 Å². The number of hydrogen-bond acceptors (Lipinski definition) is 3. The van der Waals surface area contributed by atoms with E-state index in [0.29, 0.717) is 17.9 Å². The molecular formula is C17H17F3N4O. The van der Waals surface area contributed by atoms with Gasteiger partial charge < -0.3 is 15.9 Å². The zero-order chi connectivity index (χ0) is 18.2. The maximum Gasteiger partial charge on any atom is 0.416 e. The predicted octanol–water partition coefficient (Wildman–Crippen LogP) is 3.31. The Morgan fingerprint density at radius 1 is 1.20 bits per heavy atom. The second kappa shape index (κ2) is 6.27. The Labute approximate surface area is 142 Å². The minimum absolute atomic E-state index is 0.215. The average molecular weight is 350 g/mol. The van der Waals surface area contributed by atoms with Crippen LogP contribution < -0.4 is 11.5 Å². The summed E-state index contributed by atoms with van der Waals surface area (Å²) in [5.74, 6) is -0.0490. The van der Waals surface area contributed by atoms with Crippen LogP contribution >= 0.6 is 0 Å². The van der Waals surface area contributed by atoms with Crippen LogP contribution in [0.2, 0.25) is 0 Å². The lowest BCUT2D eigenvalue weighted by Gasteiger charge is -2.25. The number of nitrogens with two attached hydrogens (primary N) is 2. The summed E-state index contributed by atoms with van der Waals surface area (Å²) in [4.78, 5) is 0. The standard InChI is InChI=1S/C17H17F3N4O/c1-9-8-25-14-7-10(6-13(15(9)14)23-24-16(21)22)11-4-2-3-5-12(11)17(18,19)20/h2-5,8,10H,6-7H2,1H3,(H4,21,22,24). The molecule has 1 atom stereocenters. The third-order valence-corrected chi connectivity index (χ3v) is 4.20. The van der Waals surface area contributed by atoms with E-state index >= 15 is 0 Å². The SMILES string of the molecule is Cc1coc2c1C(=NN=C(N)N)CC(c1ccccc1C(F)(F)F)C2. The second-order valence-corrected chi connectivity index (χ2v) is 5.98. The van der Waals surface area contributed by atoms with Crippen molar-refractivity contribution in [2.75, 3.05) is 0 Å². The summed E-state index contributed by atoms with van der Waals surface area (Å²) in [5, 5.41) is 7.70. The molecule has 0 fully saturated rings. The lowest BCUT2D eigenvalue weighted by atomic mass is 9.80. The van der Waals surface area contributed by atoms with E-state index in [1.165, 1.54) is 12.1 Å². The van der Waals surface area contributed by atoms with E-state index in [2.05, 4.69) is 10.2 Å². The first-order chi connectivity index (χ1) is 11.8. The van der Waals surface area contributed by atoms with Gasteiger partial charge in [0, 0.05) is 12.0 Å². The number of furan rings is 1. The molecular weight excluding hydrogens is 333 g/mol. The second-order valence-electron chi connectivity index (χ2n) is 5.98. The highest BCUT2D eigenvalue weighted by Gasteiger charge is 2.37. The Balaban J connectivity index is 2.07. The lowest BCUT2D eigenvalue weighted by Crippen LogP contribution is -2.24. The number of rotatable bonds is 2. The molecule has 1 heterocycles. The molecule has 132 valence electrons. The van der Waals surface area contributed by atoms with Crippen molar-refractivity contribution in [2.24, 2.45) is 21.7 Å². The summed E-state index contributed by atoms with van der Waals surface area (Å²) in [7, 11) is 0. The van der Waals surface area contributed by atoms with E-state index in [9.17, 15) is 13.2 Å². The Morgan fingerprint density at radius 3 is 2.60 bits per heavy atom. The van der Waals surface area contributed by atoms with Crippen LogP contribution in [0, 0.1) is 6.92 Å². The minimum atomic E-state index is -4.42. The van der Waals surface area contributed by atoms with Crippen LogP contribution in [0.15, 0.2) is 45.1 Å². The molecule has 0 spiro atoms. The van der Waals surface area contributed by atoms with Gasteiger partial charge in [0.15, 0.2) is 0 Å². The number of aryl methyl sites for hydroxylation is 1. The molecule has 0 amide bonds. The number of alkyl halides is 3. The summed E-state index contributed by atoms with van der Waals surface area (Å²) in [5.41, 5.74) is 12.3. The first kappa shape index (κ1) is 17.1. The molecule has 1 aromatic heterocycles. The molecule has 4 N–H and O–H groups in total. The van der Waals surface area contributed by atoms with Gasteiger partial charge in [-0.05, 0) is 36.5 Å². The number of halogens is 3. The average Bonchev–Trinajstić information content (AvgIpc) is 2.93. The summed E-state index contributed by atoms with van der Waals surface area (Å²) >= 11 is 0. The van der Waals surface area contributed by atoms with Crippen molar-refractivity contribution in [3.05, 3.63) is 58.5 Å². The molecule has 1 aliphatic rings. The van der Waals surface area contributed by atoms with E-state index in [-0.39, 0.29) is 17.9 Å². The van der Waals surface area contributed by atoms with Crippen LogP contribution in [0.25, 0.3) is 0 Å². The Hall–Kier alpha value is -2.77. The van der Waals surface area contributed by atoms with Crippen LogP contribution in [-0.2, 0) is 12.6 Å². The zero-order valence-electron chi connectivity index (χ0n) is 13.5. The highest BCUT2D eigenvalue weighted by atomic mass is 19.4. The van der Waals surface area contributed by atoms with Gasteiger partial charge >= 0.3 is 6.18 Å². The van der Waals surface area contributed by atoms with Crippen molar-refractivity contribution in [3.63, 3.8) is 0 Å². The van der Waals surface area contributed by atoms with E-state index in [4.69, 9.17) is 15.9 Å². The quantitative estimate of drug-likeness (QED) is 0.495. The monoisotopic (exact) mass is 350 g/mol. The molecule has 0 aliphatic heterocycles. The van der Waals surface area contributed by atoms with Crippen molar-refractivity contribution in [1.29, 1.82) is 0 Å². The summed E-state index contributed by atoms with van der Waals surface area (Å²) in [6.07, 6.45) is -2.21. The number of nitrogens with zero attached hydrogens (tertiary/aromatic N) is 2. The van der Waals surface area contributed by atoms with E-state index in [1.54, 1.807) is 12.3 Å². The lowest BCUT2D eigenvalue weighted by molar-refractivity contribution is -0.138. The number of guanidine groups is 1. The van der Waals surface area contributed by atoms with Gasteiger partial charge in [-0.2, -0.15) is 18.3 Å². The van der Waals surface area contributed by atoms with Crippen molar-refractivity contribution < 1.29 is 17.6 Å². The third kappa shape index (κ3) is 3.38. The molecule has 0 saturated carbocycles. The van der Waals surface area contributed by atoms with Gasteiger partial charge in [-0.1, -0.05) is 18.2 Å². The molecule has 25 heavy (non-hydrogen) atoms. The maximum absolute atomic E-state index is 13.3. The summed E-state index contributed by atoms with van der Waals surface area (Å²) < 4.78 is 45.6. The molecule has 5 nitrogen and oxygen atoms in total. The maximum atomic E-state index is 13.3. The summed E-state index contributed by atoms with van der Waals surface area (Å²) in [6, 6.07) is 5.56. The van der Waals surface area contributed by atoms with Gasteiger partial charge in [0.2, 0.25) is 5.96 Å². The zero-order valence-corrected chi connectivity index (χ0v) is 13.5. The van der Waals surface area contributed by atoms with Gasteiger partial charge in [-0.25, -0.2) is 0 Å². The van der Waals surface area contributed by atoms with Crippen molar-refractivity contribution >= 4 is 11.7 Å². The molecule has 0 bridgehead atoms. The van der Waals surface area contributed by atoms with Gasteiger partial charge in [-0.15, -0.1) is 5.10 Å². The topological polar surface area (TPSA) is 89.9 Å². The first-order valence-electron chi connectivity index (χ1n) is 7.66. The fraction of sp³-hybridized carbons (Fsp3) is 0.294. The van der Waals surface area contributed by atoms with Crippen molar-refractivity contribution in [3.8, 4) is 0 Å². The highest BCUT2D eigenvalue weighted by Crippen LogP contribution is 2.41. The molecule has 3 rings (SSSR count). The van der Waals surface area contributed by atoms with Crippen LogP contribution in [0.4, 0.5) is 13.2 Å². The van der Waals surface area contributed by atoms with E-state index in [1.807, 2.05) is 6.92 Å². The van der Waals surface area contributed by atoms with Crippen LogP contribution in [0.3, 0.4) is 0 Å². The van der Waals surface area contributed by atoms with Gasteiger partial charge in [0.1, 0.15) is 5.76 Å². The number of hydrogen-bond donors (Lipinski definition) is 2. The molecule has 2 aromatic rings. The Bertz CT molecular complexity index is 848. The predicted molar refractivity (Wildman–Crippen MR) is 88.3 cm³/mol. The van der Waals surface area contributed by atoms with Crippen LogP contribution in [0.5, 0.6) is 0 Å². The van der Waals surface area contributed by atoms with E-state index in [0.717, 1.165) is 17.2 Å². The highest BCUT2D eigenvalue weighted by molar-refractivity contribution is 6.04. The van der Waals surface area contributed by atoms with Gasteiger partial charge in [0.25, 0.3) is 0 Å². The first-order valence-corrected chi connectivity index (χ1v) is 7.66. The van der Waals surface area contributed by atoms with Gasteiger partial charge in [-0.3, -0.25) is 0 Å². The Kier molecular flexibility index (Phi) is 4.28. The van der Waals surface area contributed by atoms with Crippen molar-refractivity contribution in [1.82, 2.24) is 0 Å². The van der Waals surface area contributed by atoms with E-state index < -0.39 is 17.7 Å². The number of fused-ring (bicyclic) bond motifs is 1. The molecule has 0 radical (unpaired) electrons. The largest absolute Gasteiger partial charge is 0.468 e. The molecule has 0 saturated heterocycles. The molecule has 1 unspecified atom stereocenters. The smallest absolute Gasteiger partial charge is 0.416 e. The van der Waals surface area contributed by atoms with Crippen LogP contribution in [-0.4, -0.2) is 11.7 Å². The fourth-order valence-electron chi connectivity index (χ4n) is 3.21. The van der Waals surface area contributed by atoms with Gasteiger partial charge in [0.05, 0.1) is 17.5 Å². The summed E-state index contributed by atoms with van der Waals surface area (Å²) in [6.45, 7) is 1.84. The molecule has 1 aliphatic carbocycles. The molecule has 8 heteroatoms. The normalized spacial score (nSPS) is 18.9. The molecule has 1 aromatic carbocycles. The third-order valence-electron chi connectivity index (χ3n) is 4.20. The fourth-order valence-corrected chi connectivity index (χ4v) is 3.21. The van der Waals surface area contributed by atoms with Crippen LogP contribution in [0.1, 0.15) is 40.4 Å². The Morgan fingerprint density at radius 2 is 1.92 bits per heavy atom. The minimum Gasteiger partial charge on any atom is -0.468 e. The number of benzene rings is 1.